The lowest BCUT2D eigenvalue weighted by molar-refractivity contribution is 0.474. The first-order valence-corrected chi connectivity index (χ1v) is 8.14. The Kier molecular flexibility index (Phi) is 3.72. The van der Waals surface area contributed by atoms with Gasteiger partial charge in [-0.05, 0) is 37.5 Å². The molecule has 3 aromatic heterocycles. The molecule has 8 nitrogen and oxygen atoms in total. The highest BCUT2D eigenvalue weighted by Gasteiger charge is 2.24. The fraction of sp³-hybridized carbons (Fsp3) is 0.438. The van der Waals surface area contributed by atoms with Crippen LogP contribution in [0.4, 0.5) is 11.8 Å². The molecule has 4 rings (SSSR count). The highest BCUT2D eigenvalue weighted by molar-refractivity contribution is 5.45. The SMILES string of the molecule is Cc1cnc(N(C)C2CCN(c3ccc4nncn4n3)CC2)nc1. The minimum Gasteiger partial charge on any atom is -0.355 e. The van der Waals surface area contributed by atoms with Gasteiger partial charge in [0.2, 0.25) is 5.95 Å². The van der Waals surface area contributed by atoms with Gasteiger partial charge < -0.3 is 9.80 Å². The summed E-state index contributed by atoms with van der Waals surface area (Å²) in [5, 5.41) is 12.4. The molecule has 0 aromatic carbocycles. The molecule has 24 heavy (non-hydrogen) atoms. The smallest absolute Gasteiger partial charge is 0.225 e. The van der Waals surface area contributed by atoms with E-state index in [4.69, 9.17) is 0 Å². The number of fused-ring (bicyclic) bond motifs is 1. The fourth-order valence-corrected chi connectivity index (χ4v) is 3.10. The minimum absolute atomic E-state index is 0.447. The van der Waals surface area contributed by atoms with E-state index in [2.05, 4.69) is 42.1 Å². The number of hydrogen-bond acceptors (Lipinski definition) is 7. The molecule has 124 valence electrons. The second-order valence-corrected chi connectivity index (χ2v) is 6.21. The molecule has 1 aliphatic heterocycles. The summed E-state index contributed by atoms with van der Waals surface area (Å²) in [7, 11) is 2.08. The Hall–Kier alpha value is -2.77. The number of hydrogen-bond donors (Lipinski definition) is 0. The molecule has 1 saturated heterocycles. The summed E-state index contributed by atoms with van der Waals surface area (Å²) >= 11 is 0. The maximum absolute atomic E-state index is 4.58. The minimum atomic E-state index is 0.447. The topological polar surface area (TPSA) is 75.3 Å². The third kappa shape index (κ3) is 2.75. The highest BCUT2D eigenvalue weighted by Crippen LogP contribution is 2.22. The molecule has 4 heterocycles. The van der Waals surface area contributed by atoms with Gasteiger partial charge in [0.1, 0.15) is 12.1 Å². The van der Waals surface area contributed by atoms with Crippen LogP contribution in [0.2, 0.25) is 0 Å². The molecule has 0 spiro atoms. The first-order valence-electron chi connectivity index (χ1n) is 8.14. The van der Waals surface area contributed by atoms with Crippen LogP contribution in [-0.4, -0.2) is 56.0 Å². The van der Waals surface area contributed by atoms with Crippen LogP contribution in [0.5, 0.6) is 0 Å². The summed E-state index contributed by atoms with van der Waals surface area (Å²) in [5.41, 5.74) is 1.85. The number of piperidine rings is 1. The van der Waals surface area contributed by atoms with Crippen molar-refractivity contribution in [1.82, 2.24) is 29.8 Å². The van der Waals surface area contributed by atoms with Crippen molar-refractivity contribution in [3.05, 3.63) is 36.4 Å². The van der Waals surface area contributed by atoms with Gasteiger partial charge in [0, 0.05) is 38.6 Å². The van der Waals surface area contributed by atoms with Crippen LogP contribution >= 0.6 is 0 Å². The molecule has 0 unspecified atom stereocenters. The molecule has 0 N–H and O–H groups in total. The number of nitrogens with zero attached hydrogens (tertiary/aromatic N) is 8. The number of aryl methyl sites for hydroxylation is 1. The van der Waals surface area contributed by atoms with Gasteiger partial charge in [0.25, 0.3) is 0 Å². The summed E-state index contributed by atoms with van der Waals surface area (Å²) in [6, 6.07) is 4.41. The zero-order chi connectivity index (χ0) is 16.5. The summed E-state index contributed by atoms with van der Waals surface area (Å²) in [6.45, 7) is 3.92. The first-order chi connectivity index (χ1) is 11.7. The molecule has 8 heteroatoms. The van der Waals surface area contributed by atoms with Gasteiger partial charge in [-0.2, -0.15) is 4.52 Å². The Morgan fingerprint density at radius 3 is 2.62 bits per heavy atom. The molecule has 0 radical (unpaired) electrons. The number of aromatic nitrogens is 6. The van der Waals surface area contributed by atoms with Crippen molar-refractivity contribution in [2.24, 2.45) is 0 Å². The molecular formula is C16H20N8. The second kappa shape index (κ2) is 6.03. The Balaban J connectivity index is 1.43. The van der Waals surface area contributed by atoms with E-state index in [1.807, 2.05) is 31.5 Å². The van der Waals surface area contributed by atoms with E-state index in [0.717, 1.165) is 48.9 Å². The third-order valence-electron chi connectivity index (χ3n) is 4.57. The zero-order valence-electron chi connectivity index (χ0n) is 13.9. The lowest BCUT2D eigenvalue weighted by Crippen LogP contribution is -2.44. The monoisotopic (exact) mass is 324 g/mol. The molecule has 0 aliphatic carbocycles. The molecule has 0 saturated carbocycles. The molecule has 1 aliphatic rings. The van der Waals surface area contributed by atoms with Crippen molar-refractivity contribution in [2.45, 2.75) is 25.8 Å². The average Bonchev–Trinajstić information content (AvgIpc) is 3.09. The van der Waals surface area contributed by atoms with Crippen molar-refractivity contribution in [3.63, 3.8) is 0 Å². The summed E-state index contributed by atoms with van der Waals surface area (Å²) in [5.74, 6) is 1.76. The average molecular weight is 324 g/mol. The maximum atomic E-state index is 4.58. The molecular weight excluding hydrogens is 304 g/mol. The summed E-state index contributed by atoms with van der Waals surface area (Å²) < 4.78 is 1.72. The number of anilines is 2. The van der Waals surface area contributed by atoms with Gasteiger partial charge in [-0.3, -0.25) is 0 Å². The van der Waals surface area contributed by atoms with Crippen LogP contribution in [-0.2, 0) is 0 Å². The van der Waals surface area contributed by atoms with Gasteiger partial charge in [0.05, 0.1) is 0 Å². The van der Waals surface area contributed by atoms with E-state index in [1.54, 1.807) is 10.8 Å². The molecule has 0 atom stereocenters. The van der Waals surface area contributed by atoms with Gasteiger partial charge in [-0.15, -0.1) is 15.3 Å². The fourth-order valence-electron chi connectivity index (χ4n) is 3.10. The van der Waals surface area contributed by atoms with Gasteiger partial charge in [-0.25, -0.2) is 9.97 Å². The van der Waals surface area contributed by atoms with E-state index in [1.165, 1.54) is 0 Å². The Bertz CT molecular complexity index is 819. The molecule has 0 bridgehead atoms. The maximum Gasteiger partial charge on any atom is 0.225 e. The predicted molar refractivity (Wildman–Crippen MR) is 91.2 cm³/mol. The first kappa shape index (κ1) is 14.8. The Labute approximate surface area is 140 Å². The van der Waals surface area contributed by atoms with Crippen molar-refractivity contribution in [1.29, 1.82) is 0 Å². The van der Waals surface area contributed by atoms with Crippen LogP contribution < -0.4 is 9.80 Å². The van der Waals surface area contributed by atoms with E-state index in [9.17, 15) is 0 Å². The zero-order valence-corrected chi connectivity index (χ0v) is 13.9. The Morgan fingerprint density at radius 1 is 1.12 bits per heavy atom. The van der Waals surface area contributed by atoms with Crippen LogP contribution in [0.3, 0.4) is 0 Å². The van der Waals surface area contributed by atoms with Crippen molar-refractivity contribution in [3.8, 4) is 0 Å². The highest BCUT2D eigenvalue weighted by atomic mass is 15.4. The van der Waals surface area contributed by atoms with E-state index in [0.29, 0.717) is 6.04 Å². The quantitative estimate of drug-likeness (QED) is 0.719. The third-order valence-corrected chi connectivity index (χ3v) is 4.57. The summed E-state index contributed by atoms with van der Waals surface area (Å²) in [6.07, 6.45) is 7.47. The van der Waals surface area contributed by atoms with Crippen LogP contribution in [0.25, 0.3) is 5.65 Å². The van der Waals surface area contributed by atoms with Crippen LogP contribution in [0.1, 0.15) is 18.4 Å². The molecule has 1 fully saturated rings. The lowest BCUT2D eigenvalue weighted by atomic mass is 10.0. The molecule has 3 aromatic rings. The van der Waals surface area contributed by atoms with Gasteiger partial charge in [0.15, 0.2) is 5.65 Å². The molecule has 0 amide bonds. The van der Waals surface area contributed by atoms with Gasteiger partial charge in [-0.1, -0.05) is 0 Å². The van der Waals surface area contributed by atoms with Crippen molar-refractivity contribution in [2.75, 3.05) is 29.9 Å². The summed E-state index contributed by atoms with van der Waals surface area (Å²) in [4.78, 5) is 13.4. The largest absolute Gasteiger partial charge is 0.355 e. The van der Waals surface area contributed by atoms with Crippen LogP contribution in [0.15, 0.2) is 30.9 Å². The van der Waals surface area contributed by atoms with Crippen molar-refractivity contribution < 1.29 is 0 Å². The van der Waals surface area contributed by atoms with Crippen molar-refractivity contribution >= 4 is 17.4 Å². The Morgan fingerprint density at radius 2 is 1.88 bits per heavy atom. The lowest BCUT2D eigenvalue weighted by Gasteiger charge is -2.37. The van der Waals surface area contributed by atoms with Crippen LogP contribution in [0, 0.1) is 6.92 Å². The predicted octanol–water partition coefficient (Wildman–Crippen LogP) is 1.33. The van der Waals surface area contributed by atoms with Gasteiger partial charge >= 0.3 is 0 Å². The van der Waals surface area contributed by atoms with E-state index < -0.39 is 0 Å². The second-order valence-electron chi connectivity index (χ2n) is 6.21. The van der Waals surface area contributed by atoms with E-state index in [-0.39, 0.29) is 0 Å². The standard InChI is InChI=1S/C16H20N8/c1-12-9-17-16(18-10-12)22(2)13-5-7-23(8-6-13)15-4-3-14-20-19-11-24(14)21-15/h3-4,9-11,13H,5-8H2,1-2H3. The number of rotatable bonds is 3. The normalized spacial score (nSPS) is 15.8. The van der Waals surface area contributed by atoms with E-state index >= 15 is 0 Å².